The van der Waals surface area contributed by atoms with E-state index in [2.05, 4.69) is 45.5 Å². The topological polar surface area (TPSA) is 66.8 Å². The molecule has 1 fully saturated rings. The Labute approximate surface area is 217 Å². The Morgan fingerprint density at radius 3 is 2.61 bits per heavy atom. The molecular weight excluding hydrogens is 472 g/mol. The van der Waals surface area contributed by atoms with Gasteiger partial charge < -0.3 is 10.1 Å². The maximum Gasteiger partial charge on any atom is 0.170 e. The Bertz CT molecular complexity index is 1220. The lowest BCUT2D eigenvalue weighted by Gasteiger charge is -2.32. The van der Waals surface area contributed by atoms with Gasteiger partial charge in [0.05, 0.1) is 28.5 Å². The second kappa shape index (κ2) is 11.8. The number of aliphatic imine (C=N–C) groups is 1. The van der Waals surface area contributed by atoms with Crippen LogP contribution in [0.2, 0.25) is 5.02 Å². The summed E-state index contributed by atoms with van der Waals surface area (Å²) < 4.78 is 5.83. The van der Waals surface area contributed by atoms with Crippen molar-refractivity contribution in [2.45, 2.75) is 32.4 Å². The van der Waals surface area contributed by atoms with Crippen molar-refractivity contribution in [3.63, 3.8) is 0 Å². The number of benzene rings is 2. The average Bonchev–Trinajstić information content (AvgIpc) is 2.90. The van der Waals surface area contributed by atoms with Crippen LogP contribution in [-0.2, 0) is 13.1 Å². The Morgan fingerprint density at radius 2 is 1.81 bits per heavy atom. The minimum Gasteiger partial charge on any atom is -0.486 e. The van der Waals surface area contributed by atoms with Gasteiger partial charge in [0.2, 0.25) is 0 Å². The SMILES string of the molecule is O=C1CC(COc2ccccc2Cl)=Nc2c1ccnc2CNCC1CCN(Cc2ccccc2)CC1. The van der Waals surface area contributed by atoms with E-state index in [-0.39, 0.29) is 18.8 Å². The van der Waals surface area contributed by atoms with Crippen molar-refractivity contribution in [3.8, 4) is 5.75 Å². The number of pyridine rings is 1. The van der Waals surface area contributed by atoms with Crippen molar-refractivity contribution in [1.29, 1.82) is 0 Å². The first kappa shape index (κ1) is 24.6. The number of rotatable bonds is 9. The van der Waals surface area contributed by atoms with E-state index in [0.717, 1.165) is 31.9 Å². The smallest absolute Gasteiger partial charge is 0.170 e. The summed E-state index contributed by atoms with van der Waals surface area (Å²) in [5, 5.41) is 4.11. The molecule has 2 aromatic carbocycles. The molecule has 1 aromatic heterocycles. The first-order valence-electron chi connectivity index (χ1n) is 12.6. The molecule has 1 N–H and O–H groups in total. The van der Waals surface area contributed by atoms with E-state index in [0.29, 0.717) is 40.2 Å². The van der Waals surface area contributed by atoms with Gasteiger partial charge in [0, 0.05) is 24.8 Å². The zero-order chi connectivity index (χ0) is 24.7. The third-order valence-corrected chi connectivity index (χ3v) is 7.16. The van der Waals surface area contributed by atoms with Crippen molar-refractivity contribution in [3.05, 3.63) is 88.7 Å². The number of ketones is 1. The number of fused-ring (bicyclic) bond motifs is 1. The summed E-state index contributed by atoms with van der Waals surface area (Å²) in [6.45, 7) is 5.00. The average molecular weight is 503 g/mol. The van der Waals surface area contributed by atoms with E-state index in [9.17, 15) is 4.79 Å². The maximum atomic E-state index is 12.8. The minimum atomic E-state index is 0.0483. The van der Waals surface area contributed by atoms with Gasteiger partial charge in [-0.15, -0.1) is 0 Å². The lowest BCUT2D eigenvalue weighted by Crippen LogP contribution is -2.36. The van der Waals surface area contributed by atoms with Crippen LogP contribution >= 0.6 is 11.6 Å². The number of hydrogen-bond acceptors (Lipinski definition) is 6. The van der Waals surface area contributed by atoms with Crippen LogP contribution in [0.3, 0.4) is 0 Å². The highest BCUT2D eigenvalue weighted by Gasteiger charge is 2.24. The molecule has 6 nitrogen and oxygen atoms in total. The first-order chi connectivity index (χ1) is 17.7. The lowest BCUT2D eigenvalue weighted by atomic mass is 9.96. The quantitative estimate of drug-likeness (QED) is 0.420. The van der Waals surface area contributed by atoms with Gasteiger partial charge in [-0.05, 0) is 62.2 Å². The van der Waals surface area contributed by atoms with Crippen LogP contribution in [0.15, 0.2) is 71.9 Å². The molecule has 36 heavy (non-hydrogen) atoms. The molecule has 3 aromatic rings. The molecule has 0 atom stereocenters. The van der Waals surface area contributed by atoms with Crippen molar-refractivity contribution >= 4 is 28.8 Å². The number of nitrogens with one attached hydrogen (secondary N) is 1. The molecule has 1 saturated heterocycles. The first-order valence-corrected chi connectivity index (χ1v) is 13.0. The highest BCUT2D eigenvalue weighted by atomic mass is 35.5. The Hall–Kier alpha value is -3.06. The van der Waals surface area contributed by atoms with Gasteiger partial charge in [-0.1, -0.05) is 54.1 Å². The third kappa shape index (κ3) is 6.19. The number of Topliss-reactive ketones (excluding diaryl/α,β-unsaturated/α-hetero) is 1. The fraction of sp³-hybridized carbons (Fsp3) is 0.345. The number of nitrogens with zero attached hydrogens (tertiary/aromatic N) is 3. The van der Waals surface area contributed by atoms with Gasteiger partial charge in [-0.25, -0.2) is 0 Å². The molecule has 0 saturated carbocycles. The highest BCUT2D eigenvalue weighted by Crippen LogP contribution is 2.30. The molecule has 186 valence electrons. The monoisotopic (exact) mass is 502 g/mol. The standard InChI is InChI=1S/C29H31ClN4O2/c30-25-8-4-5-9-28(25)36-20-23-16-27(35)24-10-13-32-26(29(24)33-23)18-31-17-21-11-14-34(15-12-21)19-22-6-2-1-3-7-22/h1-10,13,21,31H,11-12,14-20H2. The number of halogens is 1. The van der Waals surface area contributed by atoms with E-state index >= 15 is 0 Å². The normalized spacial score (nSPS) is 16.5. The van der Waals surface area contributed by atoms with E-state index in [1.54, 1.807) is 18.3 Å². The predicted molar refractivity (Wildman–Crippen MR) is 143 cm³/mol. The Kier molecular flexibility index (Phi) is 8.06. The second-order valence-corrected chi connectivity index (χ2v) is 9.89. The summed E-state index contributed by atoms with van der Waals surface area (Å²) in [5.74, 6) is 1.27. The number of para-hydroxylation sites is 1. The molecule has 5 rings (SSSR count). The summed E-state index contributed by atoms with van der Waals surface area (Å²) in [5.41, 5.74) is 4.17. The number of carbonyl (C=O) groups excluding carboxylic acids is 1. The Balaban J connectivity index is 1.15. The Morgan fingerprint density at radius 1 is 1.03 bits per heavy atom. The number of carbonyl (C=O) groups is 1. The zero-order valence-electron chi connectivity index (χ0n) is 20.3. The summed E-state index contributed by atoms with van der Waals surface area (Å²) in [6, 6.07) is 19.7. The maximum absolute atomic E-state index is 12.8. The van der Waals surface area contributed by atoms with E-state index < -0.39 is 0 Å². The number of piperidine rings is 1. The highest BCUT2D eigenvalue weighted by molar-refractivity contribution is 6.32. The van der Waals surface area contributed by atoms with E-state index in [1.165, 1.54) is 18.4 Å². The van der Waals surface area contributed by atoms with Crippen LogP contribution in [-0.4, -0.2) is 47.6 Å². The van der Waals surface area contributed by atoms with Crippen LogP contribution < -0.4 is 10.1 Å². The number of likely N-dealkylation sites (tertiary alicyclic amines) is 1. The molecule has 0 unspecified atom stereocenters. The molecule has 7 heteroatoms. The third-order valence-electron chi connectivity index (χ3n) is 6.85. The van der Waals surface area contributed by atoms with Gasteiger partial charge in [0.15, 0.2) is 5.78 Å². The van der Waals surface area contributed by atoms with E-state index in [4.69, 9.17) is 21.3 Å². The molecule has 0 aliphatic carbocycles. The molecular formula is C29H31ClN4O2. The number of ether oxygens (including phenoxy) is 1. The van der Waals surface area contributed by atoms with Crippen molar-refractivity contribution in [2.75, 3.05) is 26.2 Å². The van der Waals surface area contributed by atoms with Gasteiger partial charge in [0.25, 0.3) is 0 Å². The lowest BCUT2D eigenvalue weighted by molar-refractivity contribution is 0.0998. The van der Waals surface area contributed by atoms with Crippen LogP contribution in [0, 0.1) is 5.92 Å². The van der Waals surface area contributed by atoms with Crippen molar-refractivity contribution in [2.24, 2.45) is 10.9 Å². The van der Waals surface area contributed by atoms with Gasteiger partial charge in [0.1, 0.15) is 12.4 Å². The van der Waals surface area contributed by atoms with Crippen LogP contribution in [0.25, 0.3) is 0 Å². The second-order valence-electron chi connectivity index (χ2n) is 9.49. The van der Waals surface area contributed by atoms with Gasteiger partial charge >= 0.3 is 0 Å². The number of aromatic nitrogens is 1. The zero-order valence-corrected chi connectivity index (χ0v) is 21.1. The fourth-order valence-electron chi connectivity index (χ4n) is 4.85. The molecule has 0 bridgehead atoms. The van der Waals surface area contributed by atoms with Crippen LogP contribution in [0.5, 0.6) is 5.75 Å². The predicted octanol–water partition coefficient (Wildman–Crippen LogP) is 5.47. The molecule has 2 aliphatic rings. The molecule has 0 radical (unpaired) electrons. The van der Waals surface area contributed by atoms with Crippen LogP contribution in [0.4, 0.5) is 5.69 Å². The van der Waals surface area contributed by atoms with Crippen molar-refractivity contribution < 1.29 is 9.53 Å². The summed E-state index contributed by atoms with van der Waals surface area (Å²) in [6.07, 6.45) is 4.31. The van der Waals surface area contributed by atoms with Crippen molar-refractivity contribution in [1.82, 2.24) is 15.2 Å². The number of hydrogen-bond donors (Lipinski definition) is 1. The van der Waals surface area contributed by atoms with Gasteiger partial charge in [-0.2, -0.15) is 0 Å². The van der Waals surface area contributed by atoms with Gasteiger partial charge in [-0.3, -0.25) is 19.7 Å². The molecule has 0 spiro atoms. The molecule has 2 aliphatic heterocycles. The minimum absolute atomic E-state index is 0.0483. The van der Waals surface area contributed by atoms with Crippen LogP contribution in [0.1, 0.15) is 40.9 Å². The summed E-state index contributed by atoms with van der Waals surface area (Å²) in [4.78, 5) is 24.6. The molecule has 3 heterocycles. The summed E-state index contributed by atoms with van der Waals surface area (Å²) >= 11 is 6.19. The largest absolute Gasteiger partial charge is 0.486 e. The van der Waals surface area contributed by atoms with E-state index in [1.807, 2.05) is 18.2 Å². The fourth-order valence-corrected chi connectivity index (χ4v) is 5.04. The molecule has 0 amide bonds. The summed E-state index contributed by atoms with van der Waals surface area (Å²) in [7, 11) is 0.